The van der Waals surface area contributed by atoms with Gasteiger partial charge in [-0.05, 0) is 31.0 Å². The van der Waals surface area contributed by atoms with Crippen molar-refractivity contribution >= 4 is 11.8 Å². The highest BCUT2D eigenvalue weighted by Gasteiger charge is 2.23. The van der Waals surface area contributed by atoms with E-state index in [1.807, 2.05) is 0 Å². The Morgan fingerprint density at radius 3 is 2.36 bits per heavy atom. The summed E-state index contributed by atoms with van der Waals surface area (Å²) in [4.78, 5) is 24.6. The second kappa shape index (κ2) is 7.89. The van der Waals surface area contributed by atoms with Gasteiger partial charge in [-0.2, -0.15) is 0 Å². The zero-order chi connectivity index (χ0) is 16.8. The molecule has 0 aromatic heterocycles. The lowest BCUT2D eigenvalue weighted by Gasteiger charge is -2.24. The molecule has 2 N–H and O–H groups in total. The standard InChI is InChI=1S/C16H23FN2O3/c1-16(22,12-7-9-13(17)10-8-12)11-18-14(20)5-4-6-15(21)19(2)3/h7-10,22H,4-6,11H2,1-3H3,(H,18,20). The third-order valence-electron chi connectivity index (χ3n) is 3.39. The predicted molar refractivity (Wildman–Crippen MR) is 81.5 cm³/mol. The molecule has 122 valence electrons. The first-order valence-corrected chi connectivity index (χ1v) is 7.17. The molecule has 1 unspecified atom stereocenters. The quantitative estimate of drug-likeness (QED) is 0.800. The number of rotatable bonds is 7. The Kier molecular flexibility index (Phi) is 6.49. The van der Waals surface area contributed by atoms with Crippen molar-refractivity contribution in [2.45, 2.75) is 31.8 Å². The van der Waals surface area contributed by atoms with E-state index in [9.17, 15) is 19.1 Å². The molecule has 0 saturated heterocycles. The molecule has 6 heteroatoms. The lowest BCUT2D eigenvalue weighted by molar-refractivity contribution is -0.129. The van der Waals surface area contributed by atoms with Gasteiger partial charge in [-0.25, -0.2) is 4.39 Å². The lowest BCUT2D eigenvalue weighted by atomic mass is 9.96. The molecule has 1 rings (SSSR count). The minimum atomic E-state index is -1.27. The monoisotopic (exact) mass is 310 g/mol. The molecule has 0 radical (unpaired) electrons. The highest BCUT2D eigenvalue weighted by atomic mass is 19.1. The summed E-state index contributed by atoms with van der Waals surface area (Å²) in [5.41, 5.74) is -0.750. The van der Waals surface area contributed by atoms with Gasteiger partial charge >= 0.3 is 0 Å². The molecule has 5 nitrogen and oxygen atoms in total. The number of benzene rings is 1. The van der Waals surface area contributed by atoms with Gasteiger partial charge in [0.15, 0.2) is 0 Å². The Bertz CT molecular complexity index is 513. The fourth-order valence-electron chi connectivity index (χ4n) is 1.89. The van der Waals surface area contributed by atoms with Crippen LogP contribution in [0.1, 0.15) is 31.7 Å². The van der Waals surface area contributed by atoms with Crippen LogP contribution >= 0.6 is 0 Å². The van der Waals surface area contributed by atoms with E-state index < -0.39 is 5.60 Å². The molecule has 0 spiro atoms. The van der Waals surface area contributed by atoms with Crippen molar-refractivity contribution in [2.24, 2.45) is 0 Å². The summed E-state index contributed by atoms with van der Waals surface area (Å²) in [6.45, 7) is 1.58. The summed E-state index contributed by atoms with van der Waals surface area (Å²) in [5.74, 6) is -0.630. The summed E-state index contributed by atoms with van der Waals surface area (Å²) in [6.07, 6.45) is 0.995. The van der Waals surface area contributed by atoms with Crippen LogP contribution in [0.25, 0.3) is 0 Å². The topological polar surface area (TPSA) is 69.6 Å². The fraction of sp³-hybridized carbons (Fsp3) is 0.500. The van der Waals surface area contributed by atoms with E-state index in [-0.39, 0.29) is 30.6 Å². The fourth-order valence-corrected chi connectivity index (χ4v) is 1.89. The number of nitrogens with one attached hydrogen (secondary N) is 1. The number of hydrogen-bond acceptors (Lipinski definition) is 3. The number of carbonyl (C=O) groups is 2. The van der Waals surface area contributed by atoms with E-state index in [1.165, 1.54) is 29.2 Å². The molecule has 0 fully saturated rings. The van der Waals surface area contributed by atoms with Crippen molar-refractivity contribution in [1.29, 1.82) is 0 Å². The van der Waals surface area contributed by atoms with E-state index in [1.54, 1.807) is 21.0 Å². The summed E-state index contributed by atoms with van der Waals surface area (Å²) in [7, 11) is 3.34. The zero-order valence-corrected chi connectivity index (χ0v) is 13.2. The van der Waals surface area contributed by atoms with Crippen LogP contribution in [-0.2, 0) is 15.2 Å². The van der Waals surface area contributed by atoms with Crippen molar-refractivity contribution in [3.05, 3.63) is 35.6 Å². The largest absolute Gasteiger partial charge is 0.384 e. The van der Waals surface area contributed by atoms with E-state index in [2.05, 4.69) is 5.32 Å². The molecule has 0 saturated carbocycles. The average Bonchev–Trinajstić information content (AvgIpc) is 2.45. The molecule has 1 aromatic carbocycles. The van der Waals surface area contributed by atoms with Crippen LogP contribution in [-0.4, -0.2) is 42.5 Å². The minimum Gasteiger partial charge on any atom is -0.384 e. The number of hydrogen-bond donors (Lipinski definition) is 2. The molecule has 0 heterocycles. The molecule has 0 bridgehead atoms. The van der Waals surface area contributed by atoms with Gasteiger partial charge in [-0.1, -0.05) is 12.1 Å². The summed E-state index contributed by atoms with van der Waals surface area (Å²) >= 11 is 0. The third kappa shape index (κ3) is 5.81. The van der Waals surface area contributed by atoms with Crippen molar-refractivity contribution in [2.75, 3.05) is 20.6 Å². The van der Waals surface area contributed by atoms with Gasteiger partial charge in [-0.3, -0.25) is 9.59 Å². The Hall–Kier alpha value is -1.95. The molecule has 0 aliphatic heterocycles. The van der Waals surface area contributed by atoms with Crippen LogP contribution < -0.4 is 5.32 Å². The highest BCUT2D eigenvalue weighted by Crippen LogP contribution is 2.19. The Morgan fingerprint density at radius 1 is 1.23 bits per heavy atom. The van der Waals surface area contributed by atoms with Gasteiger partial charge in [-0.15, -0.1) is 0 Å². The highest BCUT2D eigenvalue weighted by molar-refractivity contribution is 5.78. The second-order valence-corrected chi connectivity index (χ2v) is 5.70. The molecule has 2 amide bonds. The molecular weight excluding hydrogens is 287 g/mol. The maximum atomic E-state index is 12.9. The molecule has 22 heavy (non-hydrogen) atoms. The molecule has 0 aliphatic rings. The van der Waals surface area contributed by atoms with Gasteiger partial charge < -0.3 is 15.3 Å². The zero-order valence-electron chi connectivity index (χ0n) is 13.2. The molecule has 1 atom stereocenters. The van der Waals surface area contributed by atoms with Crippen molar-refractivity contribution in [1.82, 2.24) is 10.2 Å². The van der Waals surface area contributed by atoms with Gasteiger partial charge in [0.1, 0.15) is 11.4 Å². The molecule has 0 aliphatic carbocycles. The van der Waals surface area contributed by atoms with E-state index in [0.717, 1.165) is 0 Å². The molecule has 1 aromatic rings. The van der Waals surface area contributed by atoms with Crippen LogP contribution in [0.5, 0.6) is 0 Å². The summed E-state index contributed by atoms with van der Waals surface area (Å²) < 4.78 is 12.9. The number of halogens is 1. The average molecular weight is 310 g/mol. The van der Waals surface area contributed by atoms with Crippen LogP contribution in [0.3, 0.4) is 0 Å². The smallest absolute Gasteiger partial charge is 0.222 e. The van der Waals surface area contributed by atoms with Crippen LogP contribution in [0.2, 0.25) is 0 Å². The summed E-state index contributed by atoms with van der Waals surface area (Å²) in [5, 5.41) is 12.9. The SMILES string of the molecule is CN(C)C(=O)CCCC(=O)NCC(C)(O)c1ccc(F)cc1. The lowest BCUT2D eigenvalue weighted by Crippen LogP contribution is -2.38. The normalized spacial score (nSPS) is 13.3. The maximum Gasteiger partial charge on any atom is 0.222 e. The first-order chi connectivity index (χ1) is 10.2. The second-order valence-electron chi connectivity index (χ2n) is 5.70. The maximum absolute atomic E-state index is 12.9. The Balaban J connectivity index is 2.39. The number of aliphatic hydroxyl groups is 1. The van der Waals surface area contributed by atoms with Gasteiger partial charge in [0, 0.05) is 26.9 Å². The minimum absolute atomic E-state index is 0.0221. The van der Waals surface area contributed by atoms with Gasteiger partial charge in [0.25, 0.3) is 0 Å². The van der Waals surface area contributed by atoms with E-state index in [4.69, 9.17) is 0 Å². The number of nitrogens with zero attached hydrogens (tertiary/aromatic N) is 1. The van der Waals surface area contributed by atoms with Crippen LogP contribution in [0, 0.1) is 5.82 Å². The van der Waals surface area contributed by atoms with Gasteiger partial charge in [0.2, 0.25) is 11.8 Å². The van der Waals surface area contributed by atoms with Crippen LogP contribution in [0.15, 0.2) is 24.3 Å². The van der Waals surface area contributed by atoms with E-state index in [0.29, 0.717) is 18.4 Å². The van der Waals surface area contributed by atoms with E-state index >= 15 is 0 Å². The van der Waals surface area contributed by atoms with Crippen molar-refractivity contribution in [3.8, 4) is 0 Å². The Labute approximate surface area is 130 Å². The summed E-state index contributed by atoms with van der Waals surface area (Å²) in [6, 6.07) is 5.49. The Morgan fingerprint density at radius 2 is 1.82 bits per heavy atom. The number of amides is 2. The third-order valence-corrected chi connectivity index (χ3v) is 3.39. The first-order valence-electron chi connectivity index (χ1n) is 7.17. The van der Waals surface area contributed by atoms with Crippen LogP contribution in [0.4, 0.5) is 4.39 Å². The predicted octanol–water partition coefficient (Wildman–Crippen LogP) is 1.41. The number of carbonyl (C=O) groups excluding carboxylic acids is 2. The van der Waals surface area contributed by atoms with Crippen molar-refractivity contribution in [3.63, 3.8) is 0 Å². The van der Waals surface area contributed by atoms with Gasteiger partial charge in [0.05, 0.1) is 6.54 Å². The molecular formula is C16H23FN2O3. The van der Waals surface area contributed by atoms with Crippen molar-refractivity contribution < 1.29 is 19.1 Å². The first kappa shape index (κ1) is 18.1.